The highest BCUT2D eigenvalue weighted by molar-refractivity contribution is 5.91. The smallest absolute Gasteiger partial charge is 0.329 e. The maximum atomic E-state index is 12.2. The van der Waals surface area contributed by atoms with Crippen LogP contribution in [-0.2, 0) is 14.3 Å². The zero-order valence-electron chi connectivity index (χ0n) is 11.2. The Balaban J connectivity index is 2.78. The number of aliphatic carboxylic acids is 1. The zero-order valence-corrected chi connectivity index (χ0v) is 11.2. The molecule has 1 fully saturated rings. The lowest BCUT2D eigenvalue weighted by molar-refractivity contribution is -0.153. The SMILES string of the molecule is CCNC(C)(C)C(=O)NC1(C(=O)O)CCOCC1. The van der Waals surface area contributed by atoms with Crippen molar-refractivity contribution in [1.82, 2.24) is 10.6 Å². The van der Waals surface area contributed by atoms with E-state index in [0.29, 0.717) is 32.6 Å². The maximum Gasteiger partial charge on any atom is 0.329 e. The van der Waals surface area contributed by atoms with Crippen LogP contribution in [-0.4, -0.2) is 47.8 Å². The summed E-state index contributed by atoms with van der Waals surface area (Å²) in [5.74, 6) is -1.29. The van der Waals surface area contributed by atoms with E-state index in [1.807, 2.05) is 6.92 Å². The molecule has 0 spiro atoms. The van der Waals surface area contributed by atoms with E-state index in [0.717, 1.165) is 0 Å². The molecule has 3 N–H and O–H groups in total. The summed E-state index contributed by atoms with van der Waals surface area (Å²) in [6, 6.07) is 0. The Kier molecular flexibility index (Phi) is 4.70. The van der Waals surface area contributed by atoms with Crippen LogP contribution in [0.15, 0.2) is 0 Å². The summed E-state index contributed by atoms with van der Waals surface area (Å²) in [6.45, 7) is 6.73. The van der Waals surface area contributed by atoms with Gasteiger partial charge in [0.2, 0.25) is 5.91 Å². The number of hydrogen-bond acceptors (Lipinski definition) is 4. The van der Waals surface area contributed by atoms with Gasteiger partial charge >= 0.3 is 5.97 Å². The van der Waals surface area contributed by atoms with E-state index >= 15 is 0 Å². The third-order valence-corrected chi connectivity index (χ3v) is 3.29. The number of amides is 1. The van der Waals surface area contributed by atoms with E-state index in [1.165, 1.54) is 0 Å². The average molecular weight is 258 g/mol. The van der Waals surface area contributed by atoms with Gasteiger partial charge in [-0.3, -0.25) is 4.79 Å². The van der Waals surface area contributed by atoms with Crippen molar-refractivity contribution in [2.75, 3.05) is 19.8 Å². The molecule has 0 aromatic heterocycles. The van der Waals surface area contributed by atoms with Gasteiger partial charge in [0.25, 0.3) is 0 Å². The molecule has 6 heteroatoms. The van der Waals surface area contributed by atoms with E-state index in [1.54, 1.807) is 13.8 Å². The number of rotatable bonds is 5. The van der Waals surface area contributed by atoms with Crippen molar-refractivity contribution in [3.8, 4) is 0 Å². The van der Waals surface area contributed by atoms with Crippen LogP contribution < -0.4 is 10.6 Å². The molecule has 0 aromatic rings. The Hall–Kier alpha value is -1.14. The molecule has 104 valence electrons. The Morgan fingerprint density at radius 2 is 1.89 bits per heavy atom. The second kappa shape index (κ2) is 5.67. The number of carboxylic acid groups (broad SMARTS) is 1. The van der Waals surface area contributed by atoms with Crippen LogP contribution in [0.25, 0.3) is 0 Å². The number of carbonyl (C=O) groups is 2. The highest BCUT2D eigenvalue weighted by Crippen LogP contribution is 2.22. The van der Waals surface area contributed by atoms with Crippen LogP contribution >= 0.6 is 0 Å². The highest BCUT2D eigenvalue weighted by atomic mass is 16.5. The van der Waals surface area contributed by atoms with Gasteiger partial charge in [-0.1, -0.05) is 6.92 Å². The van der Waals surface area contributed by atoms with Gasteiger partial charge in [0, 0.05) is 26.1 Å². The molecule has 1 aliphatic heterocycles. The summed E-state index contributed by atoms with van der Waals surface area (Å²) in [7, 11) is 0. The van der Waals surface area contributed by atoms with Crippen molar-refractivity contribution in [2.45, 2.75) is 44.7 Å². The van der Waals surface area contributed by atoms with Crippen LogP contribution in [0.1, 0.15) is 33.6 Å². The first kappa shape index (κ1) is 14.9. The molecular weight excluding hydrogens is 236 g/mol. The molecule has 1 heterocycles. The van der Waals surface area contributed by atoms with Gasteiger partial charge in [-0.2, -0.15) is 0 Å². The molecule has 0 aromatic carbocycles. The first-order valence-corrected chi connectivity index (χ1v) is 6.23. The first-order valence-electron chi connectivity index (χ1n) is 6.23. The lowest BCUT2D eigenvalue weighted by Crippen LogP contribution is -2.63. The van der Waals surface area contributed by atoms with Gasteiger partial charge in [-0.05, 0) is 20.4 Å². The fourth-order valence-electron chi connectivity index (χ4n) is 2.01. The van der Waals surface area contributed by atoms with Crippen LogP contribution in [0.2, 0.25) is 0 Å². The lowest BCUT2D eigenvalue weighted by Gasteiger charge is -2.37. The first-order chi connectivity index (χ1) is 8.34. The van der Waals surface area contributed by atoms with Gasteiger partial charge in [0.05, 0.1) is 5.54 Å². The molecule has 0 bridgehead atoms. The third-order valence-electron chi connectivity index (χ3n) is 3.29. The summed E-state index contributed by atoms with van der Waals surface area (Å²) < 4.78 is 5.16. The fourth-order valence-corrected chi connectivity index (χ4v) is 2.01. The number of likely N-dealkylation sites (N-methyl/N-ethyl adjacent to an activating group) is 1. The van der Waals surface area contributed by atoms with Crippen molar-refractivity contribution < 1.29 is 19.4 Å². The number of ether oxygens (including phenoxy) is 1. The van der Waals surface area contributed by atoms with E-state index in [4.69, 9.17) is 4.74 Å². The Bertz CT molecular complexity index is 322. The molecule has 0 atom stereocenters. The van der Waals surface area contributed by atoms with E-state index in [2.05, 4.69) is 10.6 Å². The van der Waals surface area contributed by atoms with Crippen molar-refractivity contribution in [1.29, 1.82) is 0 Å². The van der Waals surface area contributed by atoms with Crippen LogP contribution in [0.5, 0.6) is 0 Å². The van der Waals surface area contributed by atoms with Gasteiger partial charge < -0.3 is 20.5 Å². The molecule has 0 saturated carbocycles. The normalized spacial score (nSPS) is 19.3. The Labute approximate surface area is 107 Å². The second-order valence-corrected chi connectivity index (χ2v) is 5.11. The Morgan fingerprint density at radius 3 is 2.33 bits per heavy atom. The second-order valence-electron chi connectivity index (χ2n) is 5.11. The monoisotopic (exact) mass is 258 g/mol. The summed E-state index contributed by atoms with van der Waals surface area (Å²) in [4.78, 5) is 23.6. The minimum absolute atomic E-state index is 0.298. The molecule has 0 radical (unpaired) electrons. The minimum atomic E-state index is -1.19. The number of carboxylic acids is 1. The van der Waals surface area contributed by atoms with Gasteiger partial charge in [-0.15, -0.1) is 0 Å². The van der Waals surface area contributed by atoms with Gasteiger partial charge in [0.15, 0.2) is 0 Å². The highest BCUT2D eigenvalue weighted by Gasteiger charge is 2.44. The fraction of sp³-hybridized carbons (Fsp3) is 0.833. The molecule has 0 unspecified atom stereocenters. The van der Waals surface area contributed by atoms with Crippen molar-refractivity contribution in [3.63, 3.8) is 0 Å². The van der Waals surface area contributed by atoms with Crippen LogP contribution in [0.4, 0.5) is 0 Å². The number of hydrogen-bond donors (Lipinski definition) is 3. The third kappa shape index (κ3) is 3.20. The van der Waals surface area contributed by atoms with Crippen LogP contribution in [0, 0.1) is 0 Å². The Morgan fingerprint density at radius 1 is 1.33 bits per heavy atom. The van der Waals surface area contributed by atoms with Gasteiger partial charge in [-0.25, -0.2) is 4.79 Å². The predicted octanol–water partition coefficient (Wildman–Crippen LogP) is 0.125. The van der Waals surface area contributed by atoms with E-state index in [-0.39, 0.29) is 5.91 Å². The molecule has 1 rings (SSSR count). The van der Waals surface area contributed by atoms with Crippen molar-refractivity contribution in [2.24, 2.45) is 0 Å². The summed E-state index contributed by atoms with van der Waals surface area (Å²) >= 11 is 0. The molecule has 1 saturated heterocycles. The topological polar surface area (TPSA) is 87.7 Å². The average Bonchev–Trinajstić information content (AvgIpc) is 2.29. The molecule has 1 aliphatic rings. The molecule has 18 heavy (non-hydrogen) atoms. The lowest BCUT2D eigenvalue weighted by atomic mass is 9.88. The number of carbonyl (C=O) groups excluding carboxylic acids is 1. The van der Waals surface area contributed by atoms with Crippen LogP contribution in [0.3, 0.4) is 0 Å². The molecule has 6 nitrogen and oxygen atoms in total. The van der Waals surface area contributed by atoms with Gasteiger partial charge in [0.1, 0.15) is 5.54 Å². The predicted molar refractivity (Wildman–Crippen MR) is 66.3 cm³/mol. The quantitative estimate of drug-likeness (QED) is 0.652. The largest absolute Gasteiger partial charge is 0.480 e. The number of nitrogens with one attached hydrogen (secondary N) is 2. The molecule has 1 amide bonds. The molecule has 0 aliphatic carbocycles. The van der Waals surface area contributed by atoms with Crippen molar-refractivity contribution in [3.05, 3.63) is 0 Å². The zero-order chi connectivity index (χ0) is 13.8. The maximum absolute atomic E-state index is 12.2. The summed E-state index contributed by atoms with van der Waals surface area (Å²) in [6.07, 6.45) is 0.604. The summed E-state index contributed by atoms with van der Waals surface area (Å²) in [5.41, 5.74) is -1.97. The minimum Gasteiger partial charge on any atom is -0.480 e. The van der Waals surface area contributed by atoms with E-state index < -0.39 is 17.0 Å². The standard InChI is InChI=1S/C12H22N2O4/c1-4-13-11(2,3)9(15)14-12(10(16)17)5-7-18-8-6-12/h13H,4-8H2,1-3H3,(H,14,15)(H,16,17). The molecular formula is C12H22N2O4. The van der Waals surface area contributed by atoms with E-state index in [9.17, 15) is 14.7 Å². The van der Waals surface area contributed by atoms with Crippen molar-refractivity contribution >= 4 is 11.9 Å². The summed E-state index contributed by atoms with van der Waals surface area (Å²) in [5, 5.41) is 15.0.